The Morgan fingerprint density at radius 3 is 2.71 bits per heavy atom. The fraction of sp³-hybridized carbons (Fsp3) is 0.208. The molecule has 0 saturated carbocycles. The van der Waals surface area contributed by atoms with Gasteiger partial charge in [-0.2, -0.15) is 0 Å². The number of carbonyl (C=O) groups is 2. The lowest BCUT2D eigenvalue weighted by atomic mass is 9.98. The summed E-state index contributed by atoms with van der Waals surface area (Å²) < 4.78 is 27.0. The van der Waals surface area contributed by atoms with E-state index in [1.54, 1.807) is 36.7 Å². The van der Waals surface area contributed by atoms with Crippen molar-refractivity contribution in [1.82, 2.24) is 10.5 Å². The van der Waals surface area contributed by atoms with Crippen LogP contribution in [0.15, 0.2) is 66.0 Å². The molecule has 0 unspecified atom stereocenters. The number of amides is 2. The summed E-state index contributed by atoms with van der Waals surface area (Å²) in [5.41, 5.74) is 5.27. The highest BCUT2D eigenvalue weighted by Crippen LogP contribution is 2.35. The summed E-state index contributed by atoms with van der Waals surface area (Å²) in [6.07, 6.45) is 5.02. The molecular formula is C24H23N3O4. The highest BCUT2D eigenvalue weighted by atomic mass is 16.6. The van der Waals surface area contributed by atoms with Gasteiger partial charge in [0.05, 0.1) is 23.9 Å². The fourth-order valence-corrected chi connectivity index (χ4v) is 3.87. The number of aromatic nitrogens is 1. The third kappa shape index (κ3) is 4.13. The van der Waals surface area contributed by atoms with Gasteiger partial charge < -0.3 is 10.1 Å². The number of carbonyl (C=O) groups excluding carboxylic acids is 2. The fourth-order valence-electron chi connectivity index (χ4n) is 3.87. The minimum Gasteiger partial charge on any atom is -0.497 e. The SMILES string of the molecule is [2H]C([2H])([2H])Oc1cccc(-c2ccc(NC(=O)C3=C(C(=O)NOC)CCC3)c3cnccc23)c1. The van der Waals surface area contributed by atoms with Crippen molar-refractivity contribution in [2.75, 3.05) is 19.5 Å². The monoisotopic (exact) mass is 420 g/mol. The summed E-state index contributed by atoms with van der Waals surface area (Å²) in [6, 6.07) is 12.2. The molecule has 0 bridgehead atoms. The van der Waals surface area contributed by atoms with Crippen molar-refractivity contribution in [1.29, 1.82) is 0 Å². The maximum atomic E-state index is 13.0. The second kappa shape index (κ2) is 8.97. The van der Waals surface area contributed by atoms with Crippen LogP contribution in [0.5, 0.6) is 5.75 Å². The Morgan fingerprint density at radius 1 is 1.06 bits per heavy atom. The highest BCUT2D eigenvalue weighted by Gasteiger charge is 2.26. The van der Waals surface area contributed by atoms with E-state index in [1.165, 1.54) is 7.11 Å². The zero-order valence-electron chi connectivity index (χ0n) is 19.9. The largest absolute Gasteiger partial charge is 0.497 e. The molecule has 0 spiro atoms. The maximum Gasteiger partial charge on any atom is 0.271 e. The number of hydrogen-bond acceptors (Lipinski definition) is 5. The van der Waals surface area contributed by atoms with E-state index in [4.69, 9.17) is 13.7 Å². The molecule has 31 heavy (non-hydrogen) atoms. The van der Waals surface area contributed by atoms with Crippen molar-refractivity contribution in [3.63, 3.8) is 0 Å². The first-order valence-corrected chi connectivity index (χ1v) is 9.80. The molecule has 2 aromatic carbocycles. The Kier molecular flexibility index (Phi) is 4.93. The number of methoxy groups -OCH3 is 1. The first-order chi connectivity index (χ1) is 16.3. The number of hydrogen-bond donors (Lipinski definition) is 2. The molecule has 0 radical (unpaired) electrons. The van der Waals surface area contributed by atoms with Crippen molar-refractivity contribution >= 4 is 28.3 Å². The summed E-state index contributed by atoms with van der Waals surface area (Å²) >= 11 is 0. The number of nitrogens with one attached hydrogen (secondary N) is 2. The minimum absolute atomic E-state index is 0.229. The molecular weight excluding hydrogens is 394 g/mol. The highest BCUT2D eigenvalue weighted by molar-refractivity contribution is 6.14. The van der Waals surface area contributed by atoms with Crippen molar-refractivity contribution in [2.45, 2.75) is 19.3 Å². The maximum absolute atomic E-state index is 13.0. The van der Waals surface area contributed by atoms with Crippen LogP contribution in [0.2, 0.25) is 0 Å². The average molecular weight is 420 g/mol. The van der Waals surface area contributed by atoms with Gasteiger partial charge in [0.15, 0.2) is 0 Å². The molecule has 1 aliphatic carbocycles. The van der Waals surface area contributed by atoms with Gasteiger partial charge in [-0.25, -0.2) is 5.48 Å². The molecule has 1 aliphatic rings. The van der Waals surface area contributed by atoms with Gasteiger partial charge >= 0.3 is 0 Å². The number of hydroxylamine groups is 1. The van der Waals surface area contributed by atoms with Gasteiger partial charge in [0, 0.05) is 28.9 Å². The lowest BCUT2D eigenvalue weighted by Gasteiger charge is -2.14. The first-order valence-electron chi connectivity index (χ1n) is 11.3. The topological polar surface area (TPSA) is 89.5 Å². The molecule has 0 fully saturated rings. The third-order valence-electron chi connectivity index (χ3n) is 5.29. The van der Waals surface area contributed by atoms with Crippen LogP contribution in [0.25, 0.3) is 21.9 Å². The van der Waals surface area contributed by atoms with Crippen LogP contribution in [0.3, 0.4) is 0 Å². The van der Waals surface area contributed by atoms with Crippen molar-refractivity contribution in [3.05, 3.63) is 66.0 Å². The summed E-state index contributed by atoms with van der Waals surface area (Å²) in [4.78, 5) is 34.1. The van der Waals surface area contributed by atoms with Crippen LogP contribution in [0.1, 0.15) is 23.4 Å². The number of fused-ring (bicyclic) bond motifs is 1. The second-order valence-corrected chi connectivity index (χ2v) is 7.11. The Hall–Kier alpha value is -3.71. The van der Waals surface area contributed by atoms with Crippen molar-refractivity contribution in [2.24, 2.45) is 0 Å². The van der Waals surface area contributed by atoms with Gasteiger partial charge in [0.1, 0.15) is 5.75 Å². The molecule has 0 aliphatic heterocycles. The van der Waals surface area contributed by atoms with E-state index in [2.05, 4.69) is 15.8 Å². The minimum atomic E-state index is -2.55. The van der Waals surface area contributed by atoms with Crippen LogP contribution < -0.4 is 15.5 Å². The molecule has 7 nitrogen and oxygen atoms in total. The van der Waals surface area contributed by atoms with Crippen LogP contribution in [-0.2, 0) is 14.4 Å². The number of nitrogens with zero attached hydrogens (tertiary/aromatic N) is 1. The van der Waals surface area contributed by atoms with Crippen LogP contribution in [0.4, 0.5) is 5.69 Å². The number of anilines is 1. The Bertz CT molecular complexity index is 1290. The van der Waals surface area contributed by atoms with E-state index in [1.807, 2.05) is 18.2 Å². The zero-order valence-corrected chi connectivity index (χ0v) is 16.9. The standard InChI is InChI=1S/C24H23N3O4/c1-30-16-6-3-5-15(13-16)17-9-10-22(21-14-25-12-11-18(17)21)26-23(28)19-7-4-8-20(19)24(29)27-31-2/h3,5-6,9-14H,4,7-8H2,1-2H3,(H,26,28)(H,27,29)/i1D3. The van der Waals surface area contributed by atoms with E-state index in [9.17, 15) is 9.59 Å². The summed E-state index contributed by atoms with van der Waals surface area (Å²) in [5.74, 6) is -0.525. The van der Waals surface area contributed by atoms with Crippen LogP contribution >= 0.6 is 0 Å². The molecule has 1 heterocycles. The molecule has 158 valence electrons. The summed E-state index contributed by atoms with van der Waals surface area (Å²) in [6.45, 7) is 0. The van der Waals surface area contributed by atoms with Gasteiger partial charge in [0.25, 0.3) is 11.8 Å². The molecule has 2 N–H and O–H groups in total. The smallest absolute Gasteiger partial charge is 0.271 e. The molecule has 4 rings (SSSR count). The van der Waals surface area contributed by atoms with Crippen LogP contribution in [0, 0.1) is 0 Å². The van der Waals surface area contributed by atoms with Gasteiger partial charge in [-0.15, -0.1) is 0 Å². The van der Waals surface area contributed by atoms with Gasteiger partial charge in [-0.05, 0) is 60.0 Å². The van der Waals surface area contributed by atoms with Crippen molar-refractivity contribution < 1.29 is 23.3 Å². The predicted octanol–water partition coefficient (Wildman–Crippen LogP) is 4.01. The molecule has 0 saturated heterocycles. The molecule has 3 aromatic rings. The molecule has 1 aromatic heterocycles. The van der Waals surface area contributed by atoms with Gasteiger partial charge in [-0.3, -0.25) is 19.4 Å². The second-order valence-electron chi connectivity index (χ2n) is 7.11. The molecule has 0 atom stereocenters. The first kappa shape index (κ1) is 17.0. The van der Waals surface area contributed by atoms with E-state index >= 15 is 0 Å². The lowest BCUT2D eigenvalue weighted by Crippen LogP contribution is -2.25. The number of pyridine rings is 1. The third-order valence-corrected chi connectivity index (χ3v) is 5.29. The summed E-state index contributed by atoms with van der Waals surface area (Å²) in [5, 5.41) is 4.44. The summed E-state index contributed by atoms with van der Waals surface area (Å²) in [7, 11) is -1.20. The van der Waals surface area contributed by atoms with Gasteiger partial charge in [0.2, 0.25) is 0 Å². The Balaban J connectivity index is 1.68. The normalized spacial score (nSPS) is 15.2. The predicted molar refractivity (Wildman–Crippen MR) is 118 cm³/mol. The number of rotatable bonds is 6. The van der Waals surface area contributed by atoms with Crippen LogP contribution in [-0.4, -0.2) is 30.9 Å². The molecule has 2 amide bonds. The quantitative estimate of drug-likeness (QED) is 0.588. The van der Waals surface area contributed by atoms with E-state index < -0.39 is 12.9 Å². The molecule has 7 heteroatoms. The van der Waals surface area contributed by atoms with Gasteiger partial charge in [-0.1, -0.05) is 18.2 Å². The number of ether oxygens (including phenoxy) is 1. The van der Waals surface area contributed by atoms with E-state index in [0.29, 0.717) is 41.5 Å². The zero-order chi connectivity index (χ0) is 24.3. The Labute approximate surface area is 184 Å². The average Bonchev–Trinajstić information content (AvgIpc) is 3.29. The lowest BCUT2D eigenvalue weighted by molar-refractivity contribution is -0.127. The number of benzene rings is 2. The van der Waals surface area contributed by atoms with Crippen molar-refractivity contribution in [3.8, 4) is 16.9 Å². The van der Waals surface area contributed by atoms with E-state index in [-0.39, 0.29) is 11.7 Å². The Morgan fingerprint density at radius 2 is 1.90 bits per heavy atom. The van der Waals surface area contributed by atoms with E-state index in [0.717, 1.165) is 16.5 Å².